The lowest BCUT2D eigenvalue weighted by atomic mass is 10.3. The van der Waals surface area contributed by atoms with Crippen molar-refractivity contribution in [2.75, 3.05) is 6.67 Å². The second-order valence-corrected chi connectivity index (χ2v) is 1.29. The average molecular weight is 103 g/mol. The summed E-state index contributed by atoms with van der Waals surface area (Å²) in [5.41, 5.74) is 0. The molecule has 0 unspecified atom stereocenters. The van der Waals surface area contributed by atoms with Crippen molar-refractivity contribution in [3.8, 4) is 0 Å². The summed E-state index contributed by atoms with van der Waals surface area (Å²) in [5.74, 6) is 0. The largest absolute Gasteiger partial charge is 0.291 e. The predicted molar refractivity (Wildman–Crippen MR) is 25.5 cm³/mol. The maximum Gasteiger partial charge on any atom is 0.198 e. The van der Waals surface area contributed by atoms with E-state index in [1.807, 2.05) is 0 Å². The minimum Gasteiger partial charge on any atom is -0.291 e. The quantitative estimate of drug-likeness (QED) is 0.489. The van der Waals surface area contributed by atoms with Crippen molar-refractivity contribution in [2.24, 2.45) is 0 Å². The molecule has 0 aliphatic heterocycles. The van der Waals surface area contributed by atoms with Gasteiger partial charge in [0.25, 0.3) is 0 Å². The summed E-state index contributed by atoms with van der Waals surface area (Å²) in [4.78, 5) is 9.43. The Kier molecular flexibility index (Phi) is 5.28. The molecule has 0 aliphatic carbocycles. The van der Waals surface area contributed by atoms with Crippen LogP contribution in [0.1, 0.15) is 19.3 Å². The topological polar surface area (TPSA) is 17.1 Å². The Morgan fingerprint density at radius 3 is 2.57 bits per heavy atom. The number of alkyl halides is 1. The van der Waals surface area contributed by atoms with Gasteiger partial charge in [-0.05, 0) is 12.8 Å². The number of hydrogen-bond acceptors (Lipinski definition) is 1. The van der Waals surface area contributed by atoms with Crippen LogP contribution in [-0.2, 0) is 4.79 Å². The molecule has 1 nitrogen and oxygen atoms in total. The van der Waals surface area contributed by atoms with Crippen LogP contribution in [0.5, 0.6) is 0 Å². The third kappa shape index (κ3) is 5.60. The van der Waals surface area contributed by atoms with Gasteiger partial charge in [0.05, 0.1) is 6.67 Å². The highest BCUT2D eigenvalue weighted by molar-refractivity contribution is 5.50. The van der Waals surface area contributed by atoms with Crippen LogP contribution < -0.4 is 0 Å². The first-order valence-corrected chi connectivity index (χ1v) is 2.32. The third-order valence-corrected chi connectivity index (χ3v) is 0.662. The molecule has 41 valence electrons. The molecule has 0 fully saturated rings. The molecular weight excluding hydrogens is 95.1 g/mol. The van der Waals surface area contributed by atoms with Crippen molar-refractivity contribution < 1.29 is 9.18 Å². The van der Waals surface area contributed by atoms with E-state index in [0.717, 1.165) is 0 Å². The Bertz CT molecular complexity index is 45.3. The van der Waals surface area contributed by atoms with Crippen molar-refractivity contribution in [1.29, 1.82) is 0 Å². The molecule has 0 saturated carbocycles. The smallest absolute Gasteiger partial charge is 0.198 e. The van der Waals surface area contributed by atoms with Gasteiger partial charge in [-0.25, -0.2) is 0 Å². The maximum absolute atomic E-state index is 11.2. The van der Waals surface area contributed by atoms with Gasteiger partial charge >= 0.3 is 0 Å². The van der Waals surface area contributed by atoms with Crippen LogP contribution in [-0.4, -0.2) is 13.0 Å². The van der Waals surface area contributed by atoms with Gasteiger partial charge in [-0.2, -0.15) is 0 Å². The van der Waals surface area contributed by atoms with Gasteiger partial charge in [0, 0.05) is 6.42 Å². The van der Waals surface area contributed by atoms with Gasteiger partial charge in [-0.3, -0.25) is 9.18 Å². The standard InChI is InChI=1S/C5H8FO/c6-4-2-1-3-5-7/h1-4H2. The molecule has 1 radical (unpaired) electrons. The van der Waals surface area contributed by atoms with Crippen molar-refractivity contribution in [3.05, 3.63) is 0 Å². The molecular formula is C5H8FO. The molecule has 0 amide bonds. The number of rotatable bonds is 4. The average Bonchev–Trinajstić information content (AvgIpc) is 1.69. The van der Waals surface area contributed by atoms with Gasteiger partial charge in [0.2, 0.25) is 0 Å². The summed E-state index contributed by atoms with van der Waals surface area (Å²) >= 11 is 0. The molecule has 0 atom stereocenters. The van der Waals surface area contributed by atoms with Crippen molar-refractivity contribution in [2.45, 2.75) is 19.3 Å². The van der Waals surface area contributed by atoms with Crippen LogP contribution in [0.4, 0.5) is 4.39 Å². The van der Waals surface area contributed by atoms with E-state index in [9.17, 15) is 9.18 Å². The molecule has 0 N–H and O–H groups in total. The second-order valence-electron chi connectivity index (χ2n) is 1.29. The van der Waals surface area contributed by atoms with Crippen molar-refractivity contribution in [1.82, 2.24) is 0 Å². The number of unbranched alkanes of at least 4 members (excludes halogenated alkanes) is 2. The van der Waals surface area contributed by atoms with Crippen LogP contribution in [0.25, 0.3) is 0 Å². The Morgan fingerprint density at radius 2 is 2.14 bits per heavy atom. The fourth-order valence-corrected chi connectivity index (χ4v) is 0.292. The Morgan fingerprint density at radius 1 is 1.43 bits per heavy atom. The molecule has 0 saturated heterocycles. The maximum atomic E-state index is 11.2. The fourth-order valence-electron chi connectivity index (χ4n) is 0.292. The van der Waals surface area contributed by atoms with E-state index < -0.39 is 0 Å². The van der Waals surface area contributed by atoms with Gasteiger partial charge < -0.3 is 0 Å². The van der Waals surface area contributed by atoms with Crippen molar-refractivity contribution in [3.63, 3.8) is 0 Å². The molecule has 0 aromatic carbocycles. The zero-order valence-electron chi connectivity index (χ0n) is 4.11. The second kappa shape index (κ2) is 5.60. The number of carbonyl (C=O) groups excluding carboxylic acids is 1. The Labute approximate surface area is 42.5 Å². The third-order valence-electron chi connectivity index (χ3n) is 0.662. The lowest BCUT2D eigenvalue weighted by Crippen LogP contribution is -1.77. The van der Waals surface area contributed by atoms with Crippen molar-refractivity contribution >= 4 is 6.29 Å². The highest BCUT2D eigenvalue weighted by Crippen LogP contribution is 1.90. The molecule has 2 heteroatoms. The van der Waals surface area contributed by atoms with Gasteiger partial charge in [-0.15, -0.1) is 0 Å². The first kappa shape index (κ1) is 6.60. The lowest BCUT2D eigenvalue weighted by Gasteiger charge is -1.82. The van der Waals surface area contributed by atoms with Gasteiger partial charge in [0.15, 0.2) is 6.29 Å². The van der Waals surface area contributed by atoms with Crippen LogP contribution in [0.3, 0.4) is 0 Å². The molecule has 0 bridgehead atoms. The monoisotopic (exact) mass is 103 g/mol. The molecule has 7 heavy (non-hydrogen) atoms. The Balaban J connectivity index is 2.56. The molecule has 0 aromatic rings. The molecule has 0 aromatic heterocycles. The summed E-state index contributed by atoms with van der Waals surface area (Å²) in [6.45, 7) is -0.318. The summed E-state index contributed by atoms with van der Waals surface area (Å²) in [6.07, 6.45) is 3.20. The zero-order chi connectivity index (χ0) is 5.54. The molecule has 0 rings (SSSR count). The van der Waals surface area contributed by atoms with Crippen LogP contribution in [0.2, 0.25) is 0 Å². The van der Waals surface area contributed by atoms with Gasteiger partial charge in [-0.1, -0.05) is 0 Å². The first-order chi connectivity index (χ1) is 3.41. The zero-order valence-corrected chi connectivity index (χ0v) is 4.11. The predicted octanol–water partition coefficient (Wildman–Crippen LogP) is 1.24. The summed E-state index contributed by atoms with van der Waals surface area (Å²) in [6, 6.07) is 0. The van der Waals surface area contributed by atoms with E-state index in [-0.39, 0.29) is 6.67 Å². The van der Waals surface area contributed by atoms with E-state index in [4.69, 9.17) is 0 Å². The first-order valence-electron chi connectivity index (χ1n) is 2.32. The van der Waals surface area contributed by atoms with E-state index in [0.29, 0.717) is 19.3 Å². The summed E-state index contributed by atoms with van der Waals surface area (Å²) < 4.78 is 11.2. The summed E-state index contributed by atoms with van der Waals surface area (Å²) in [7, 11) is 0. The summed E-state index contributed by atoms with van der Waals surface area (Å²) in [5, 5.41) is 0. The lowest BCUT2D eigenvalue weighted by molar-refractivity contribution is 0.462. The Hall–Kier alpha value is -0.400. The van der Waals surface area contributed by atoms with Gasteiger partial charge in [0.1, 0.15) is 0 Å². The molecule has 0 aliphatic rings. The normalized spacial score (nSPS) is 8.71. The SMILES string of the molecule is O=[C]CCCCF. The highest BCUT2D eigenvalue weighted by Gasteiger charge is 1.83. The van der Waals surface area contributed by atoms with E-state index in [2.05, 4.69) is 0 Å². The van der Waals surface area contributed by atoms with Crippen LogP contribution >= 0.6 is 0 Å². The van der Waals surface area contributed by atoms with Crippen LogP contribution in [0, 0.1) is 0 Å². The number of hydrogen-bond donors (Lipinski definition) is 0. The number of halogens is 1. The van der Waals surface area contributed by atoms with E-state index in [1.54, 1.807) is 6.29 Å². The van der Waals surface area contributed by atoms with E-state index in [1.165, 1.54) is 0 Å². The highest BCUT2D eigenvalue weighted by atomic mass is 19.1. The fraction of sp³-hybridized carbons (Fsp3) is 0.800. The van der Waals surface area contributed by atoms with Crippen LogP contribution in [0.15, 0.2) is 0 Å². The minimum atomic E-state index is -0.318. The molecule has 0 spiro atoms. The molecule has 0 heterocycles. The van der Waals surface area contributed by atoms with E-state index >= 15 is 0 Å². The minimum absolute atomic E-state index is 0.318.